The van der Waals surface area contributed by atoms with Crippen molar-refractivity contribution in [3.63, 3.8) is 0 Å². The fourth-order valence-electron chi connectivity index (χ4n) is 3.15. The van der Waals surface area contributed by atoms with Crippen LogP contribution in [0.15, 0.2) is 0 Å². The zero-order valence-electron chi connectivity index (χ0n) is 13.3. The van der Waals surface area contributed by atoms with Crippen molar-refractivity contribution in [3.05, 3.63) is 0 Å². The molecule has 2 unspecified atom stereocenters. The van der Waals surface area contributed by atoms with Crippen molar-refractivity contribution in [2.75, 3.05) is 26.2 Å². The van der Waals surface area contributed by atoms with Gasteiger partial charge < -0.3 is 5.32 Å². The highest BCUT2D eigenvalue weighted by Gasteiger charge is 2.32. The highest BCUT2D eigenvalue weighted by Crippen LogP contribution is 2.29. The molecule has 0 saturated carbocycles. The van der Waals surface area contributed by atoms with E-state index in [0.29, 0.717) is 5.41 Å². The Bertz CT molecular complexity index is 227. The molecule has 0 radical (unpaired) electrons. The molecule has 2 heteroatoms. The molecule has 0 aromatic rings. The minimum atomic E-state index is 0.437. The summed E-state index contributed by atoms with van der Waals surface area (Å²) >= 11 is 0. The Morgan fingerprint density at radius 3 is 2.61 bits per heavy atom. The number of hydrogen-bond acceptors (Lipinski definition) is 2. The molecular formula is C16H34N2. The van der Waals surface area contributed by atoms with Gasteiger partial charge in [0.15, 0.2) is 0 Å². The lowest BCUT2D eigenvalue weighted by Crippen LogP contribution is -2.45. The zero-order valence-corrected chi connectivity index (χ0v) is 13.3. The molecule has 0 amide bonds. The predicted octanol–water partition coefficient (Wildman–Crippen LogP) is 3.52. The molecule has 1 aliphatic heterocycles. The summed E-state index contributed by atoms with van der Waals surface area (Å²) < 4.78 is 0. The van der Waals surface area contributed by atoms with Crippen LogP contribution in [-0.4, -0.2) is 37.1 Å². The van der Waals surface area contributed by atoms with Crippen LogP contribution in [0.5, 0.6) is 0 Å². The number of nitrogens with zero attached hydrogens (tertiary/aromatic N) is 1. The van der Waals surface area contributed by atoms with E-state index in [1.807, 2.05) is 0 Å². The molecule has 2 nitrogen and oxygen atoms in total. The molecule has 0 aromatic heterocycles. The van der Waals surface area contributed by atoms with Crippen molar-refractivity contribution in [2.24, 2.45) is 11.3 Å². The van der Waals surface area contributed by atoms with Gasteiger partial charge in [0, 0.05) is 19.1 Å². The molecule has 0 aromatic carbocycles. The van der Waals surface area contributed by atoms with Crippen LogP contribution >= 0.6 is 0 Å². The maximum Gasteiger partial charge on any atom is 0.0119 e. The van der Waals surface area contributed by atoms with Crippen molar-refractivity contribution in [3.8, 4) is 0 Å². The van der Waals surface area contributed by atoms with Gasteiger partial charge in [-0.15, -0.1) is 0 Å². The molecule has 0 spiro atoms. The van der Waals surface area contributed by atoms with Crippen molar-refractivity contribution in [1.29, 1.82) is 0 Å². The molecular weight excluding hydrogens is 220 g/mol. The van der Waals surface area contributed by atoms with Crippen LogP contribution in [0.25, 0.3) is 0 Å². The Balaban J connectivity index is 2.50. The van der Waals surface area contributed by atoms with E-state index >= 15 is 0 Å². The minimum absolute atomic E-state index is 0.437. The predicted molar refractivity (Wildman–Crippen MR) is 81.0 cm³/mol. The van der Waals surface area contributed by atoms with Crippen molar-refractivity contribution in [1.82, 2.24) is 10.2 Å². The third-order valence-electron chi connectivity index (χ3n) is 4.60. The SMILES string of the molecule is CCCNCC(C)(CC)CN1CCCC1C(C)C. The Labute approximate surface area is 115 Å². The van der Waals surface area contributed by atoms with Gasteiger partial charge in [0.1, 0.15) is 0 Å². The van der Waals surface area contributed by atoms with Crippen LogP contribution in [0.3, 0.4) is 0 Å². The number of likely N-dealkylation sites (tertiary alicyclic amines) is 1. The molecule has 1 fully saturated rings. The first-order chi connectivity index (χ1) is 8.52. The standard InChI is InChI=1S/C16H34N2/c1-6-10-17-12-16(5,7-2)13-18-11-8-9-15(18)14(3)4/h14-15,17H,6-13H2,1-5H3. The molecule has 1 saturated heterocycles. The van der Waals surface area contributed by atoms with Crippen LogP contribution in [0.1, 0.15) is 60.3 Å². The number of hydrogen-bond donors (Lipinski definition) is 1. The fourth-order valence-corrected chi connectivity index (χ4v) is 3.15. The van der Waals surface area contributed by atoms with Crippen LogP contribution in [0.4, 0.5) is 0 Å². The number of rotatable bonds is 8. The van der Waals surface area contributed by atoms with E-state index in [1.54, 1.807) is 0 Å². The van der Waals surface area contributed by atoms with E-state index in [0.717, 1.165) is 18.5 Å². The van der Waals surface area contributed by atoms with Gasteiger partial charge in [0.2, 0.25) is 0 Å². The zero-order chi connectivity index (χ0) is 13.6. The summed E-state index contributed by atoms with van der Waals surface area (Å²) in [5, 5.41) is 3.62. The molecule has 18 heavy (non-hydrogen) atoms. The maximum atomic E-state index is 3.62. The van der Waals surface area contributed by atoms with Gasteiger partial charge in [-0.1, -0.05) is 34.6 Å². The first-order valence-corrected chi connectivity index (χ1v) is 7.97. The van der Waals surface area contributed by atoms with E-state index < -0.39 is 0 Å². The van der Waals surface area contributed by atoms with Crippen LogP contribution in [0.2, 0.25) is 0 Å². The van der Waals surface area contributed by atoms with E-state index in [4.69, 9.17) is 0 Å². The molecule has 0 bridgehead atoms. The average molecular weight is 254 g/mol. The second-order valence-corrected chi connectivity index (χ2v) is 6.77. The monoisotopic (exact) mass is 254 g/mol. The normalized spacial score (nSPS) is 24.7. The van der Waals surface area contributed by atoms with E-state index in [-0.39, 0.29) is 0 Å². The lowest BCUT2D eigenvalue weighted by atomic mass is 9.86. The largest absolute Gasteiger partial charge is 0.316 e. The number of nitrogens with one attached hydrogen (secondary N) is 1. The summed E-state index contributed by atoms with van der Waals surface area (Å²) in [5.74, 6) is 0.803. The fraction of sp³-hybridized carbons (Fsp3) is 1.00. The highest BCUT2D eigenvalue weighted by molar-refractivity contribution is 4.87. The molecule has 1 aliphatic rings. The van der Waals surface area contributed by atoms with Gasteiger partial charge in [-0.25, -0.2) is 0 Å². The van der Waals surface area contributed by atoms with Crippen LogP contribution < -0.4 is 5.32 Å². The van der Waals surface area contributed by atoms with Gasteiger partial charge >= 0.3 is 0 Å². The van der Waals surface area contributed by atoms with Crippen LogP contribution in [0, 0.1) is 11.3 Å². The van der Waals surface area contributed by atoms with E-state index in [9.17, 15) is 0 Å². The first kappa shape index (κ1) is 16.0. The van der Waals surface area contributed by atoms with Crippen molar-refractivity contribution >= 4 is 0 Å². The molecule has 1 N–H and O–H groups in total. The Hall–Kier alpha value is -0.0800. The first-order valence-electron chi connectivity index (χ1n) is 7.97. The maximum absolute atomic E-state index is 3.62. The Morgan fingerprint density at radius 1 is 1.33 bits per heavy atom. The lowest BCUT2D eigenvalue weighted by molar-refractivity contribution is 0.123. The van der Waals surface area contributed by atoms with E-state index in [1.165, 1.54) is 45.3 Å². The summed E-state index contributed by atoms with van der Waals surface area (Å²) in [4.78, 5) is 2.75. The molecule has 1 rings (SSSR count). The third-order valence-corrected chi connectivity index (χ3v) is 4.60. The van der Waals surface area contributed by atoms with Gasteiger partial charge in [0.25, 0.3) is 0 Å². The quantitative estimate of drug-likeness (QED) is 0.667. The second kappa shape index (κ2) is 7.49. The topological polar surface area (TPSA) is 15.3 Å². The van der Waals surface area contributed by atoms with Gasteiger partial charge in [-0.3, -0.25) is 4.90 Å². The molecule has 0 aliphatic carbocycles. The molecule has 108 valence electrons. The molecule has 1 heterocycles. The summed E-state index contributed by atoms with van der Waals surface area (Å²) in [5.41, 5.74) is 0.437. The second-order valence-electron chi connectivity index (χ2n) is 6.77. The summed E-state index contributed by atoms with van der Waals surface area (Å²) in [6, 6.07) is 0.821. The van der Waals surface area contributed by atoms with Gasteiger partial charge in [-0.05, 0) is 50.1 Å². The highest BCUT2D eigenvalue weighted by atomic mass is 15.2. The van der Waals surface area contributed by atoms with E-state index in [2.05, 4.69) is 44.8 Å². The van der Waals surface area contributed by atoms with Gasteiger partial charge in [-0.2, -0.15) is 0 Å². The lowest BCUT2D eigenvalue weighted by Gasteiger charge is -2.37. The third kappa shape index (κ3) is 4.55. The minimum Gasteiger partial charge on any atom is -0.316 e. The smallest absolute Gasteiger partial charge is 0.0119 e. The van der Waals surface area contributed by atoms with Crippen molar-refractivity contribution < 1.29 is 0 Å². The molecule has 2 atom stereocenters. The summed E-state index contributed by atoms with van der Waals surface area (Å²) in [6.07, 6.45) is 5.30. The summed E-state index contributed by atoms with van der Waals surface area (Å²) in [7, 11) is 0. The Kier molecular flexibility index (Phi) is 6.65. The van der Waals surface area contributed by atoms with Crippen LogP contribution in [-0.2, 0) is 0 Å². The average Bonchev–Trinajstić information content (AvgIpc) is 2.77. The van der Waals surface area contributed by atoms with Gasteiger partial charge in [0.05, 0.1) is 0 Å². The summed E-state index contributed by atoms with van der Waals surface area (Å²) in [6.45, 7) is 16.7. The van der Waals surface area contributed by atoms with Crippen molar-refractivity contribution in [2.45, 2.75) is 66.3 Å². The Morgan fingerprint density at radius 2 is 2.06 bits per heavy atom.